The molecular weight excluding hydrogens is 152 g/mol. The number of thiol groups is 1. The van der Waals surface area contributed by atoms with Crippen LogP contribution in [0.5, 0.6) is 0 Å². The summed E-state index contributed by atoms with van der Waals surface area (Å²) in [6.07, 6.45) is -0.523. The van der Waals surface area contributed by atoms with Crippen molar-refractivity contribution in [2.45, 2.75) is 19.4 Å². The first-order valence-corrected chi connectivity index (χ1v) is 3.54. The van der Waals surface area contributed by atoms with E-state index in [1.54, 1.807) is 6.92 Å². The van der Waals surface area contributed by atoms with Crippen LogP contribution in [0.1, 0.15) is 13.3 Å². The minimum atomic E-state index is -0.800. The van der Waals surface area contributed by atoms with Crippen LogP contribution < -0.4 is 0 Å². The predicted molar refractivity (Wildman–Crippen MR) is 40.9 cm³/mol. The molecular formula is C6H12O3S. The first kappa shape index (κ1) is 9.94. The molecule has 0 spiro atoms. The lowest BCUT2D eigenvalue weighted by atomic mass is 10.1. The normalized spacial score (nSPS) is 16.4. The fourth-order valence-electron chi connectivity index (χ4n) is 0.583. The number of aliphatic hydroxyl groups excluding tert-OH is 2. The maximum Gasteiger partial charge on any atom is 0.188 e. The van der Waals surface area contributed by atoms with Crippen molar-refractivity contribution in [2.75, 3.05) is 6.61 Å². The van der Waals surface area contributed by atoms with Crippen LogP contribution in [0.4, 0.5) is 0 Å². The quantitative estimate of drug-likeness (QED) is 0.505. The van der Waals surface area contributed by atoms with Crippen molar-refractivity contribution in [3.05, 3.63) is 0 Å². The molecule has 0 rings (SSSR count). The summed E-state index contributed by atoms with van der Waals surface area (Å²) in [7, 11) is 0. The second kappa shape index (κ2) is 4.71. The molecule has 0 aliphatic rings. The maximum absolute atomic E-state index is 10.5. The van der Waals surface area contributed by atoms with Crippen LogP contribution in [0.15, 0.2) is 0 Å². The zero-order valence-corrected chi connectivity index (χ0v) is 6.71. The van der Waals surface area contributed by atoms with E-state index < -0.39 is 6.10 Å². The lowest BCUT2D eigenvalue weighted by Crippen LogP contribution is -2.18. The Balaban J connectivity index is 3.56. The van der Waals surface area contributed by atoms with Gasteiger partial charge in [0.15, 0.2) is 5.12 Å². The average molecular weight is 164 g/mol. The van der Waals surface area contributed by atoms with E-state index >= 15 is 0 Å². The molecule has 0 radical (unpaired) electrons. The van der Waals surface area contributed by atoms with Crippen LogP contribution in [-0.4, -0.2) is 28.0 Å². The van der Waals surface area contributed by atoms with E-state index in [0.717, 1.165) is 0 Å². The molecule has 4 heteroatoms. The van der Waals surface area contributed by atoms with Crippen LogP contribution in [0.2, 0.25) is 0 Å². The zero-order chi connectivity index (χ0) is 8.15. The lowest BCUT2D eigenvalue weighted by molar-refractivity contribution is -0.114. The molecule has 3 nitrogen and oxygen atoms in total. The molecule has 0 bridgehead atoms. The Morgan fingerprint density at radius 1 is 1.70 bits per heavy atom. The molecule has 0 amide bonds. The summed E-state index contributed by atoms with van der Waals surface area (Å²) in [5.74, 6) is -0.287. The fourth-order valence-corrected chi connectivity index (χ4v) is 0.689. The van der Waals surface area contributed by atoms with Crippen molar-refractivity contribution in [3.8, 4) is 0 Å². The number of carbonyl (C=O) groups excluding carboxylic acids is 1. The molecule has 0 aromatic heterocycles. The highest BCUT2D eigenvalue weighted by Crippen LogP contribution is 2.08. The van der Waals surface area contributed by atoms with Gasteiger partial charge in [0.1, 0.15) is 0 Å². The molecule has 0 saturated heterocycles. The molecule has 0 aromatic rings. The van der Waals surface area contributed by atoms with Gasteiger partial charge in [-0.1, -0.05) is 6.92 Å². The summed E-state index contributed by atoms with van der Waals surface area (Å²) in [5.41, 5.74) is 0. The molecule has 2 atom stereocenters. The van der Waals surface area contributed by atoms with E-state index in [-0.39, 0.29) is 24.1 Å². The van der Waals surface area contributed by atoms with Gasteiger partial charge in [0.2, 0.25) is 0 Å². The number of hydrogen-bond donors (Lipinski definition) is 3. The van der Waals surface area contributed by atoms with Gasteiger partial charge in [0, 0.05) is 5.92 Å². The van der Waals surface area contributed by atoms with Crippen molar-refractivity contribution < 1.29 is 15.0 Å². The van der Waals surface area contributed by atoms with Gasteiger partial charge in [-0.15, -0.1) is 12.6 Å². The van der Waals surface area contributed by atoms with Crippen LogP contribution in [-0.2, 0) is 4.79 Å². The number of hydrogen-bond acceptors (Lipinski definition) is 3. The van der Waals surface area contributed by atoms with Gasteiger partial charge >= 0.3 is 0 Å². The summed E-state index contributed by atoms with van der Waals surface area (Å²) < 4.78 is 0. The van der Waals surface area contributed by atoms with E-state index in [1.807, 2.05) is 0 Å². The van der Waals surface area contributed by atoms with Crippen LogP contribution in [0, 0.1) is 5.92 Å². The highest BCUT2D eigenvalue weighted by Gasteiger charge is 2.13. The van der Waals surface area contributed by atoms with E-state index in [2.05, 4.69) is 12.6 Å². The monoisotopic (exact) mass is 164 g/mol. The molecule has 0 saturated carbocycles. The van der Waals surface area contributed by atoms with E-state index in [1.165, 1.54) is 0 Å². The zero-order valence-electron chi connectivity index (χ0n) is 5.82. The van der Waals surface area contributed by atoms with Gasteiger partial charge < -0.3 is 10.2 Å². The van der Waals surface area contributed by atoms with Gasteiger partial charge in [0.25, 0.3) is 0 Å². The van der Waals surface area contributed by atoms with Gasteiger partial charge in [-0.25, -0.2) is 0 Å². The highest BCUT2D eigenvalue weighted by atomic mass is 32.1. The summed E-state index contributed by atoms with van der Waals surface area (Å²) in [6, 6.07) is 0. The lowest BCUT2D eigenvalue weighted by Gasteiger charge is -2.09. The predicted octanol–water partition coefficient (Wildman–Crippen LogP) is -0.178. The summed E-state index contributed by atoms with van der Waals surface area (Å²) in [6.45, 7) is 1.36. The van der Waals surface area contributed by atoms with Crippen molar-refractivity contribution in [3.63, 3.8) is 0 Å². The molecule has 2 unspecified atom stereocenters. The highest BCUT2D eigenvalue weighted by molar-refractivity contribution is 7.96. The van der Waals surface area contributed by atoms with E-state index in [0.29, 0.717) is 0 Å². The first-order valence-electron chi connectivity index (χ1n) is 3.09. The molecule has 2 N–H and O–H groups in total. The Bertz CT molecular complexity index is 116. The van der Waals surface area contributed by atoms with Crippen LogP contribution in [0.3, 0.4) is 0 Å². The Labute approximate surface area is 65.5 Å². The first-order chi connectivity index (χ1) is 4.57. The topological polar surface area (TPSA) is 57.5 Å². The Kier molecular flexibility index (Phi) is 4.68. The van der Waals surface area contributed by atoms with Crippen molar-refractivity contribution in [1.82, 2.24) is 0 Å². The van der Waals surface area contributed by atoms with Crippen molar-refractivity contribution >= 4 is 17.7 Å². The molecule has 0 aliphatic carbocycles. The molecule has 0 aliphatic heterocycles. The minimum absolute atomic E-state index is 0.257. The third-order valence-corrected chi connectivity index (χ3v) is 1.70. The van der Waals surface area contributed by atoms with Crippen molar-refractivity contribution in [2.24, 2.45) is 5.92 Å². The van der Waals surface area contributed by atoms with E-state index in [4.69, 9.17) is 10.2 Å². The van der Waals surface area contributed by atoms with Crippen LogP contribution >= 0.6 is 12.6 Å². The average Bonchev–Trinajstić information content (AvgIpc) is 1.87. The fraction of sp³-hybridized carbons (Fsp3) is 0.833. The molecule has 0 aromatic carbocycles. The van der Waals surface area contributed by atoms with Gasteiger partial charge in [-0.2, -0.15) is 0 Å². The van der Waals surface area contributed by atoms with Crippen molar-refractivity contribution in [1.29, 1.82) is 0 Å². The summed E-state index contributed by atoms with van der Waals surface area (Å²) in [5, 5.41) is 17.0. The van der Waals surface area contributed by atoms with E-state index in [9.17, 15) is 4.79 Å². The minimum Gasteiger partial charge on any atom is -0.394 e. The smallest absolute Gasteiger partial charge is 0.188 e. The van der Waals surface area contributed by atoms with Gasteiger partial charge in [0.05, 0.1) is 12.7 Å². The standard InChI is InChI=1S/C6H12O3S/c1-4(6(9)10)2-5(8)3-7/h4-5,7-8H,2-3H2,1H3,(H,9,10). The summed E-state index contributed by atoms with van der Waals surface area (Å²) >= 11 is 3.57. The SMILES string of the molecule is CC(CC(O)CO)C(=O)S. The second-order valence-corrected chi connectivity index (χ2v) is 2.75. The third-order valence-electron chi connectivity index (χ3n) is 1.26. The Morgan fingerprint density at radius 3 is 2.50 bits per heavy atom. The number of carbonyl (C=O) groups is 1. The maximum atomic E-state index is 10.5. The Hall–Kier alpha value is -0.0600. The van der Waals surface area contributed by atoms with Gasteiger partial charge in [-0.05, 0) is 6.42 Å². The summed E-state index contributed by atoms with van der Waals surface area (Å²) in [4.78, 5) is 10.5. The Morgan fingerprint density at radius 2 is 2.20 bits per heavy atom. The largest absolute Gasteiger partial charge is 0.394 e. The number of rotatable bonds is 4. The third kappa shape index (κ3) is 3.87. The number of aliphatic hydroxyl groups is 2. The molecule has 10 heavy (non-hydrogen) atoms. The second-order valence-electron chi connectivity index (χ2n) is 2.31. The molecule has 0 heterocycles. The van der Waals surface area contributed by atoms with Gasteiger partial charge in [-0.3, -0.25) is 4.79 Å². The van der Waals surface area contributed by atoms with Crippen LogP contribution in [0.25, 0.3) is 0 Å². The molecule has 0 fully saturated rings. The molecule has 60 valence electrons.